The fourth-order valence-electron chi connectivity index (χ4n) is 2.01. The SMILES string of the molecule is O=CC1C2CNC[C@H]1C2. The Balaban J connectivity index is 2.04. The van der Waals surface area contributed by atoms with Gasteiger partial charge in [0.05, 0.1) is 0 Å². The first-order chi connectivity index (χ1) is 4.42. The van der Waals surface area contributed by atoms with E-state index in [1.807, 2.05) is 0 Å². The van der Waals surface area contributed by atoms with Gasteiger partial charge in [-0.05, 0) is 31.3 Å². The highest BCUT2D eigenvalue weighted by atomic mass is 16.1. The smallest absolute Gasteiger partial charge is 0.123 e. The largest absolute Gasteiger partial charge is 0.316 e. The fourth-order valence-corrected chi connectivity index (χ4v) is 2.01. The molecule has 2 unspecified atom stereocenters. The normalized spacial score (nSPS) is 47.8. The van der Waals surface area contributed by atoms with Crippen LogP contribution in [0, 0.1) is 17.8 Å². The molecule has 3 fully saturated rings. The van der Waals surface area contributed by atoms with Gasteiger partial charge in [0.2, 0.25) is 0 Å². The van der Waals surface area contributed by atoms with Gasteiger partial charge in [0.15, 0.2) is 0 Å². The molecule has 0 aromatic rings. The molecule has 0 amide bonds. The predicted molar refractivity (Wildman–Crippen MR) is 34.0 cm³/mol. The van der Waals surface area contributed by atoms with Crippen LogP contribution in [0.15, 0.2) is 0 Å². The molecule has 0 aromatic heterocycles. The van der Waals surface area contributed by atoms with Gasteiger partial charge in [0.1, 0.15) is 6.29 Å². The van der Waals surface area contributed by atoms with Crippen LogP contribution in [-0.4, -0.2) is 19.4 Å². The number of hydrogen-bond acceptors (Lipinski definition) is 2. The van der Waals surface area contributed by atoms with E-state index in [0.717, 1.165) is 19.4 Å². The van der Waals surface area contributed by atoms with Gasteiger partial charge in [-0.1, -0.05) is 0 Å². The third-order valence-electron chi connectivity index (χ3n) is 2.66. The van der Waals surface area contributed by atoms with Crippen LogP contribution in [0.25, 0.3) is 0 Å². The van der Waals surface area contributed by atoms with Crippen molar-refractivity contribution in [2.45, 2.75) is 6.42 Å². The number of carbonyl (C=O) groups excluding carboxylic acids is 1. The van der Waals surface area contributed by atoms with Crippen molar-refractivity contribution in [3.63, 3.8) is 0 Å². The molecule has 1 aliphatic carbocycles. The minimum Gasteiger partial charge on any atom is -0.316 e. The quantitative estimate of drug-likeness (QED) is 0.501. The Hall–Kier alpha value is -0.370. The average Bonchev–Trinajstić information content (AvgIpc) is 1.90. The number of piperidine rings is 2. The molecule has 0 spiro atoms. The number of nitrogens with one attached hydrogen (secondary N) is 1. The summed E-state index contributed by atoms with van der Waals surface area (Å²) >= 11 is 0. The first kappa shape index (κ1) is 5.42. The average molecular weight is 125 g/mol. The van der Waals surface area contributed by atoms with Gasteiger partial charge in [-0.15, -0.1) is 0 Å². The Labute approximate surface area is 54.6 Å². The Kier molecular flexibility index (Phi) is 1.09. The number of fused-ring (bicyclic) bond motifs is 2. The summed E-state index contributed by atoms with van der Waals surface area (Å²) in [5.41, 5.74) is 0. The van der Waals surface area contributed by atoms with E-state index >= 15 is 0 Å². The van der Waals surface area contributed by atoms with Gasteiger partial charge in [0.25, 0.3) is 0 Å². The molecular weight excluding hydrogens is 114 g/mol. The predicted octanol–water partition coefficient (Wildman–Crippen LogP) is 0.0408. The molecule has 2 nitrogen and oxygen atoms in total. The Morgan fingerprint density at radius 1 is 1.33 bits per heavy atom. The zero-order valence-corrected chi connectivity index (χ0v) is 5.34. The second-order valence-corrected chi connectivity index (χ2v) is 3.13. The van der Waals surface area contributed by atoms with E-state index in [2.05, 4.69) is 5.32 Å². The molecule has 2 heterocycles. The van der Waals surface area contributed by atoms with Gasteiger partial charge >= 0.3 is 0 Å². The zero-order chi connectivity index (χ0) is 6.27. The van der Waals surface area contributed by atoms with E-state index in [1.54, 1.807) is 0 Å². The molecule has 0 aromatic carbocycles. The first-order valence-corrected chi connectivity index (χ1v) is 3.58. The molecule has 9 heavy (non-hydrogen) atoms. The summed E-state index contributed by atoms with van der Waals surface area (Å²) < 4.78 is 0. The summed E-state index contributed by atoms with van der Waals surface area (Å²) in [6.07, 6.45) is 2.43. The van der Waals surface area contributed by atoms with E-state index < -0.39 is 0 Å². The van der Waals surface area contributed by atoms with Crippen molar-refractivity contribution < 1.29 is 4.79 Å². The van der Waals surface area contributed by atoms with Crippen LogP contribution in [-0.2, 0) is 4.79 Å². The van der Waals surface area contributed by atoms with Gasteiger partial charge in [-0.25, -0.2) is 0 Å². The van der Waals surface area contributed by atoms with Crippen LogP contribution in [0.3, 0.4) is 0 Å². The van der Waals surface area contributed by atoms with Crippen molar-refractivity contribution >= 4 is 6.29 Å². The molecule has 1 saturated carbocycles. The number of aldehydes is 1. The van der Waals surface area contributed by atoms with Crippen molar-refractivity contribution in [2.24, 2.45) is 17.8 Å². The van der Waals surface area contributed by atoms with Gasteiger partial charge in [-0.2, -0.15) is 0 Å². The third-order valence-corrected chi connectivity index (χ3v) is 2.66. The summed E-state index contributed by atoms with van der Waals surface area (Å²) in [6.45, 7) is 2.14. The molecule has 2 bridgehead atoms. The maximum absolute atomic E-state index is 10.4. The van der Waals surface area contributed by atoms with Gasteiger partial charge in [-0.3, -0.25) is 0 Å². The lowest BCUT2D eigenvalue weighted by molar-refractivity contribution is -0.121. The highest BCUT2D eigenvalue weighted by Gasteiger charge is 2.43. The third kappa shape index (κ3) is 0.628. The topological polar surface area (TPSA) is 29.1 Å². The van der Waals surface area contributed by atoms with Crippen molar-refractivity contribution in [3.05, 3.63) is 0 Å². The van der Waals surface area contributed by atoms with Crippen molar-refractivity contribution in [1.82, 2.24) is 5.32 Å². The van der Waals surface area contributed by atoms with Crippen LogP contribution in [0.4, 0.5) is 0 Å². The lowest BCUT2D eigenvalue weighted by Gasteiger charge is -2.46. The number of carbonyl (C=O) groups is 1. The number of rotatable bonds is 1. The minimum atomic E-state index is 0.409. The summed E-state index contributed by atoms with van der Waals surface area (Å²) in [7, 11) is 0. The van der Waals surface area contributed by atoms with Crippen LogP contribution in [0.5, 0.6) is 0 Å². The minimum absolute atomic E-state index is 0.409. The lowest BCUT2D eigenvalue weighted by Crippen LogP contribution is -2.53. The molecule has 50 valence electrons. The van der Waals surface area contributed by atoms with Crippen LogP contribution < -0.4 is 5.32 Å². The monoisotopic (exact) mass is 125 g/mol. The summed E-state index contributed by atoms with van der Waals surface area (Å²) in [6, 6.07) is 0. The highest BCUT2D eigenvalue weighted by Crippen LogP contribution is 2.40. The molecule has 2 heteroatoms. The maximum atomic E-state index is 10.4. The van der Waals surface area contributed by atoms with Gasteiger partial charge in [0, 0.05) is 5.92 Å². The Morgan fingerprint density at radius 2 is 2.00 bits per heavy atom. The Bertz CT molecular complexity index is 121. The van der Waals surface area contributed by atoms with E-state index in [1.165, 1.54) is 6.42 Å². The van der Waals surface area contributed by atoms with E-state index in [4.69, 9.17) is 0 Å². The summed E-state index contributed by atoms with van der Waals surface area (Å²) in [4.78, 5) is 10.4. The molecule has 3 aliphatic rings. The lowest BCUT2D eigenvalue weighted by atomic mass is 9.63. The Morgan fingerprint density at radius 3 is 2.33 bits per heavy atom. The highest BCUT2D eigenvalue weighted by molar-refractivity contribution is 5.57. The summed E-state index contributed by atoms with van der Waals surface area (Å²) in [5, 5.41) is 3.29. The second kappa shape index (κ2) is 1.81. The first-order valence-electron chi connectivity index (χ1n) is 3.58. The van der Waals surface area contributed by atoms with Crippen LogP contribution in [0.1, 0.15) is 6.42 Å². The molecule has 3 rings (SSSR count). The van der Waals surface area contributed by atoms with Gasteiger partial charge < -0.3 is 10.1 Å². The molecule has 2 aliphatic heterocycles. The molecule has 0 radical (unpaired) electrons. The molecule has 1 N–H and O–H groups in total. The standard InChI is InChI=1S/C7H11NO/c9-4-7-5-1-6(7)3-8-2-5/h4-8H,1-3H2/t5-,6?,7?/m1/s1. The van der Waals surface area contributed by atoms with E-state index in [9.17, 15) is 4.79 Å². The molecule has 3 atom stereocenters. The van der Waals surface area contributed by atoms with E-state index in [0.29, 0.717) is 17.8 Å². The molecule has 2 saturated heterocycles. The van der Waals surface area contributed by atoms with Crippen LogP contribution in [0.2, 0.25) is 0 Å². The van der Waals surface area contributed by atoms with E-state index in [-0.39, 0.29) is 0 Å². The maximum Gasteiger partial charge on any atom is 0.123 e. The second-order valence-electron chi connectivity index (χ2n) is 3.13. The van der Waals surface area contributed by atoms with Crippen molar-refractivity contribution in [1.29, 1.82) is 0 Å². The molecular formula is C7H11NO. The van der Waals surface area contributed by atoms with Crippen molar-refractivity contribution in [3.8, 4) is 0 Å². The van der Waals surface area contributed by atoms with Crippen LogP contribution >= 0.6 is 0 Å². The zero-order valence-electron chi connectivity index (χ0n) is 5.34. The fraction of sp³-hybridized carbons (Fsp3) is 0.857. The summed E-state index contributed by atoms with van der Waals surface area (Å²) in [5.74, 6) is 1.77. The number of hydrogen-bond donors (Lipinski definition) is 1. The van der Waals surface area contributed by atoms with Crippen molar-refractivity contribution in [2.75, 3.05) is 13.1 Å².